The molecule has 2 rings (SSSR count). The number of sulfonamides is 1. The molecule has 0 aliphatic rings. The first-order chi connectivity index (χ1) is 8.49. The third-order valence-corrected chi connectivity index (χ3v) is 4.55. The van der Waals surface area contributed by atoms with Crippen molar-refractivity contribution in [1.82, 2.24) is 4.72 Å². The van der Waals surface area contributed by atoms with E-state index >= 15 is 0 Å². The van der Waals surface area contributed by atoms with E-state index in [1.54, 1.807) is 6.07 Å². The van der Waals surface area contributed by atoms with Gasteiger partial charge in [0, 0.05) is 17.1 Å². The molecular formula is C11H11FN2O2S2. The summed E-state index contributed by atoms with van der Waals surface area (Å²) in [5.41, 5.74) is 5.66. The number of hydrogen-bond donors (Lipinski definition) is 2. The SMILES string of the molecule is Nc1ccc(F)c(S(=O)(=O)NCc2cccs2)c1. The summed E-state index contributed by atoms with van der Waals surface area (Å²) in [6.45, 7) is 0.133. The van der Waals surface area contributed by atoms with Crippen LogP contribution in [0.4, 0.5) is 10.1 Å². The lowest BCUT2D eigenvalue weighted by molar-refractivity contribution is 0.557. The molecule has 0 unspecified atom stereocenters. The normalized spacial score (nSPS) is 11.6. The summed E-state index contributed by atoms with van der Waals surface area (Å²) >= 11 is 1.42. The quantitative estimate of drug-likeness (QED) is 0.844. The summed E-state index contributed by atoms with van der Waals surface area (Å²) in [5.74, 6) is -0.817. The van der Waals surface area contributed by atoms with Crippen molar-refractivity contribution in [3.63, 3.8) is 0 Å². The molecule has 96 valence electrons. The van der Waals surface area contributed by atoms with Crippen LogP contribution in [0.25, 0.3) is 0 Å². The first kappa shape index (κ1) is 13.0. The van der Waals surface area contributed by atoms with Gasteiger partial charge in [0.05, 0.1) is 0 Å². The van der Waals surface area contributed by atoms with Gasteiger partial charge >= 0.3 is 0 Å². The van der Waals surface area contributed by atoms with E-state index in [2.05, 4.69) is 4.72 Å². The van der Waals surface area contributed by atoms with E-state index in [-0.39, 0.29) is 12.2 Å². The van der Waals surface area contributed by atoms with Gasteiger partial charge in [0.25, 0.3) is 0 Å². The van der Waals surface area contributed by atoms with Gasteiger partial charge in [0.2, 0.25) is 10.0 Å². The highest BCUT2D eigenvalue weighted by Crippen LogP contribution is 2.18. The van der Waals surface area contributed by atoms with Crippen molar-refractivity contribution in [2.75, 3.05) is 5.73 Å². The van der Waals surface area contributed by atoms with Crippen LogP contribution in [0.15, 0.2) is 40.6 Å². The zero-order valence-corrected chi connectivity index (χ0v) is 10.9. The fourth-order valence-corrected chi connectivity index (χ4v) is 3.24. The maximum atomic E-state index is 13.5. The number of hydrogen-bond acceptors (Lipinski definition) is 4. The Labute approximate surface area is 108 Å². The standard InChI is InChI=1S/C11H11FN2O2S2/c12-10-4-3-8(13)6-11(10)18(15,16)14-7-9-2-1-5-17-9/h1-6,14H,7,13H2. The topological polar surface area (TPSA) is 72.2 Å². The molecule has 4 nitrogen and oxygen atoms in total. The van der Waals surface area contributed by atoms with Crippen molar-refractivity contribution in [2.24, 2.45) is 0 Å². The number of benzene rings is 1. The Morgan fingerprint density at radius 1 is 1.33 bits per heavy atom. The molecule has 0 saturated heterocycles. The largest absolute Gasteiger partial charge is 0.399 e. The molecule has 0 radical (unpaired) electrons. The first-order valence-electron chi connectivity index (χ1n) is 5.06. The molecule has 0 saturated carbocycles. The second-order valence-electron chi connectivity index (χ2n) is 3.59. The number of nitrogens with one attached hydrogen (secondary N) is 1. The molecule has 0 aliphatic heterocycles. The number of halogens is 1. The Morgan fingerprint density at radius 3 is 2.78 bits per heavy atom. The third-order valence-electron chi connectivity index (χ3n) is 2.26. The average Bonchev–Trinajstić information content (AvgIpc) is 2.83. The van der Waals surface area contributed by atoms with Gasteiger partial charge in [-0.3, -0.25) is 0 Å². The van der Waals surface area contributed by atoms with Gasteiger partial charge in [-0.15, -0.1) is 11.3 Å². The Hall–Kier alpha value is -1.44. The van der Waals surface area contributed by atoms with Gasteiger partial charge in [-0.25, -0.2) is 17.5 Å². The van der Waals surface area contributed by atoms with Gasteiger partial charge in [-0.05, 0) is 29.6 Å². The van der Waals surface area contributed by atoms with E-state index in [1.165, 1.54) is 17.4 Å². The van der Waals surface area contributed by atoms with E-state index in [0.717, 1.165) is 17.0 Å². The number of nitrogens with two attached hydrogens (primary N) is 1. The molecule has 0 aliphatic carbocycles. The molecule has 0 bridgehead atoms. The van der Waals surface area contributed by atoms with Crippen molar-refractivity contribution >= 4 is 27.0 Å². The lowest BCUT2D eigenvalue weighted by atomic mass is 10.3. The Balaban J connectivity index is 2.22. The minimum atomic E-state index is -3.89. The zero-order chi connectivity index (χ0) is 13.2. The predicted molar refractivity (Wildman–Crippen MR) is 69.2 cm³/mol. The van der Waals surface area contributed by atoms with Gasteiger partial charge in [0.15, 0.2) is 0 Å². The van der Waals surface area contributed by atoms with E-state index < -0.39 is 20.7 Å². The van der Waals surface area contributed by atoms with Crippen LogP contribution in [-0.2, 0) is 16.6 Å². The van der Waals surface area contributed by atoms with Crippen LogP contribution in [0.3, 0.4) is 0 Å². The lowest BCUT2D eigenvalue weighted by Gasteiger charge is -2.07. The van der Waals surface area contributed by atoms with Crippen molar-refractivity contribution < 1.29 is 12.8 Å². The number of anilines is 1. The predicted octanol–water partition coefficient (Wildman–Crippen LogP) is 1.95. The highest BCUT2D eigenvalue weighted by molar-refractivity contribution is 7.89. The monoisotopic (exact) mass is 286 g/mol. The number of nitrogen functional groups attached to an aromatic ring is 1. The Kier molecular flexibility index (Phi) is 3.65. The van der Waals surface area contributed by atoms with Crippen molar-refractivity contribution in [1.29, 1.82) is 0 Å². The van der Waals surface area contributed by atoms with E-state index in [4.69, 9.17) is 5.73 Å². The third kappa shape index (κ3) is 2.87. The van der Waals surface area contributed by atoms with E-state index in [0.29, 0.717) is 0 Å². The fraction of sp³-hybridized carbons (Fsp3) is 0.0909. The van der Waals surface area contributed by atoms with Crippen LogP contribution in [0.2, 0.25) is 0 Å². The first-order valence-corrected chi connectivity index (χ1v) is 7.42. The molecule has 1 heterocycles. The summed E-state index contributed by atoms with van der Waals surface area (Å²) in [5, 5.41) is 1.84. The highest BCUT2D eigenvalue weighted by Gasteiger charge is 2.19. The molecule has 7 heteroatoms. The van der Waals surface area contributed by atoms with Crippen molar-refractivity contribution in [2.45, 2.75) is 11.4 Å². The van der Waals surface area contributed by atoms with Crippen LogP contribution >= 0.6 is 11.3 Å². The summed E-state index contributed by atoms with van der Waals surface area (Å²) < 4.78 is 39.6. The summed E-state index contributed by atoms with van der Waals surface area (Å²) in [6, 6.07) is 7.06. The van der Waals surface area contributed by atoms with Crippen molar-refractivity contribution in [3.8, 4) is 0 Å². The zero-order valence-electron chi connectivity index (χ0n) is 9.26. The molecule has 0 fully saturated rings. The second kappa shape index (κ2) is 5.05. The fourth-order valence-electron chi connectivity index (χ4n) is 1.38. The molecule has 2 aromatic rings. The van der Waals surface area contributed by atoms with Crippen LogP contribution in [-0.4, -0.2) is 8.42 Å². The van der Waals surface area contributed by atoms with Gasteiger partial charge in [-0.2, -0.15) is 0 Å². The highest BCUT2D eigenvalue weighted by atomic mass is 32.2. The average molecular weight is 286 g/mol. The molecule has 0 atom stereocenters. The van der Waals surface area contributed by atoms with E-state index in [9.17, 15) is 12.8 Å². The van der Waals surface area contributed by atoms with Crippen LogP contribution in [0, 0.1) is 5.82 Å². The smallest absolute Gasteiger partial charge is 0.243 e. The Morgan fingerprint density at radius 2 is 2.11 bits per heavy atom. The summed E-state index contributed by atoms with van der Waals surface area (Å²) in [4.78, 5) is 0.418. The van der Waals surface area contributed by atoms with Crippen molar-refractivity contribution in [3.05, 3.63) is 46.4 Å². The molecule has 18 heavy (non-hydrogen) atoms. The summed E-state index contributed by atoms with van der Waals surface area (Å²) in [6.07, 6.45) is 0. The number of thiophene rings is 1. The van der Waals surface area contributed by atoms with Gasteiger partial charge < -0.3 is 5.73 Å². The molecular weight excluding hydrogens is 275 g/mol. The van der Waals surface area contributed by atoms with Crippen LogP contribution in [0.5, 0.6) is 0 Å². The molecule has 0 amide bonds. The molecule has 1 aromatic carbocycles. The van der Waals surface area contributed by atoms with Gasteiger partial charge in [-0.1, -0.05) is 6.07 Å². The Bertz CT molecular complexity index is 639. The minimum Gasteiger partial charge on any atom is -0.399 e. The van der Waals surface area contributed by atoms with Gasteiger partial charge in [0.1, 0.15) is 10.7 Å². The van der Waals surface area contributed by atoms with Crippen LogP contribution < -0.4 is 10.5 Å². The molecule has 1 aromatic heterocycles. The maximum absolute atomic E-state index is 13.5. The maximum Gasteiger partial charge on any atom is 0.243 e. The molecule has 3 N–H and O–H groups in total. The molecule has 0 spiro atoms. The van der Waals surface area contributed by atoms with Crippen LogP contribution in [0.1, 0.15) is 4.88 Å². The summed E-state index contributed by atoms with van der Waals surface area (Å²) in [7, 11) is -3.89. The second-order valence-corrected chi connectivity index (χ2v) is 6.36. The van der Waals surface area contributed by atoms with E-state index in [1.807, 2.05) is 11.4 Å². The number of rotatable bonds is 4. The minimum absolute atomic E-state index is 0.133. The lowest BCUT2D eigenvalue weighted by Crippen LogP contribution is -2.23.